The van der Waals surface area contributed by atoms with E-state index in [9.17, 15) is 19.2 Å². The Bertz CT molecular complexity index is 1140. The van der Waals surface area contributed by atoms with Crippen molar-refractivity contribution in [3.63, 3.8) is 0 Å². The second-order valence-corrected chi connectivity index (χ2v) is 10.2. The van der Waals surface area contributed by atoms with Gasteiger partial charge in [0, 0.05) is 12.5 Å². The number of unbranched alkanes of at least 4 members (excludes halogenated alkanes) is 3. The molecule has 0 bridgehead atoms. The predicted octanol–water partition coefficient (Wildman–Crippen LogP) is 6.53. The van der Waals surface area contributed by atoms with Crippen LogP contribution in [-0.4, -0.2) is 47.9 Å². The van der Waals surface area contributed by atoms with Crippen molar-refractivity contribution in [2.45, 2.75) is 91.3 Å². The maximum atomic E-state index is 12.8. The molecular weight excluding hydrogens is 512 g/mol. The van der Waals surface area contributed by atoms with E-state index in [1.165, 1.54) is 13.8 Å². The zero-order valence-electron chi connectivity index (χ0n) is 24.5. The molecule has 0 aliphatic carbocycles. The minimum Gasteiger partial charge on any atom is -0.494 e. The van der Waals surface area contributed by atoms with E-state index in [1.54, 1.807) is 69.3 Å². The van der Waals surface area contributed by atoms with Crippen LogP contribution in [0.2, 0.25) is 0 Å². The maximum absolute atomic E-state index is 12.8. The molecule has 8 nitrogen and oxygen atoms in total. The van der Waals surface area contributed by atoms with Gasteiger partial charge in [0.05, 0.1) is 18.8 Å². The van der Waals surface area contributed by atoms with Crippen LogP contribution < -0.4 is 9.47 Å². The highest BCUT2D eigenvalue weighted by Gasteiger charge is 2.35. The molecule has 0 heterocycles. The summed E-state index contributed by atoms with van der Waals surface area (Å²) in [6.45, 7) is 10.7. The highest BCUT2D eigenvalue weighted by atomic mass is 16.6. The summed E-state index contributed by atoms with van der Waals surface area (Å²) in [5.41, 5.74) is -1.45. The summed E-state index contributed by atoms with van der Waals surface area (Å²) in [4.78, 5) is 48.3. The number of carbonyl (C=O) groups is 4. The molecule has 0 aliphatic rings. The lowest BCUT2D eigenvalue weighted by atomic mass is 9.92. The molecular formula is C32H42O8. The van der Waals surface area contributed by atoms with Gasteiger partial charge in [-0.15, -0.1) is 0 Å². The summed E-state index contributed by atoms with van der Waals surface area (Å²) < 4.78 is 22.2. The first-order valence-electron chi connectivity index (χ1n) is 13.9. The Kier molecular flexibility index (Phi) is 12.4. The molecule has 0 radical (unpaired) electrons. The van der Waals surface area contributed by atoms with E-state index in [1.807, 2.05) is 6.92 Å². The molecule has 0 aromatic heterocycles. The van der Waals surface area contributed by atoms with Gasteiger partial charge in [-0.3, -0.25) is 14.4 Å². The van der Waals surface area contributed by atoms with Crippen molar-refractivity contribution >= 4 is 23.5 Å². The van der Waals surface area contributed by atoms with E-state index in [0.717, 1.165) is 25.7 Å². The van der Waals surface area contributed by atoms with Gasteiger partial charge in [-0.1, -0.05) is 13.8 Å². The topological polar surface area (TPSA) is 105 Å². The van der Waals surface area contributed by atoms with Crippen LogP contribution in [0.3, 0.4) is 0 Å². The monoisotopic (exact) mass is 554 g/mol. The number of esters is 2. The summed E-state index contributed by atoms with van der Waals surface area (Å²) in [7, 11) is 0. The molecule has 0 spiro atoms. The molecule has 2 aromatic rings. The van der Waals surface area contributed by atoms with Gasteiger partial charge in [0.1, 0.15) is 11.5 Å². The number of ether oxygens (including phenoxy) is 4. The van der Waals surface area contributed by atoms with Crippen LogP contribution in [0.4, 0.5) is 0 Å². The average Bonchev–Trinajstić information content (AvgIpc) is 2.94. The normalized spacial score (nSPS) is 13.8. The van der Waals surface area contributed by atoms with Crippen molar-refractivity contribution in [3.05, 3.63) is 59.7 Å². The number of benzene rings is 2. The Morgan fingerprint density at radius 1 is 0.625 bits per heavy atom. The van der Waals surface area contributed by atoms with E-state index >= 15 is 0 Å². The quantitative estimate of drug-likeness (QED) is 0.123. The number of Topliss-reactive ketones (excluding diaryl/α,β-unsaturated/α-hetero) is 2. The number of rotatable bonds is 17. The zero-order valence-corrected chi connectivity index (χ0v) is 24.5. The standard InChI is InChI=1S/C32H42O8/c1-7-31(5,23(3)33)40-30(36)26-15-19-28(20-16-26)38-22-12-10-9-11-21-37-27-17-13-25(14-18-27)29(35)32(6,8-2)39-24(4)34/h13-20H,7-12,21-22H2,1-6H3. The number of hydrogen-bond donors (Lipinski definition) is 0. The average molecular weight is 555 g/mol. The van der Waals surface area contributed by atoms with Gasteiger partial charge in [-0.05, 0) is 108 Å². The first kappa shape index (κ1) is 32.5. The highest BCUT2D eigenvalue weighted by molar-refractivity contribution is 6.03. The van der Waals surface area contributed by atoms with Crippen molar-refractivity contribution in [1.29, 1.82) is 0 Å². The molecule has 0 amide bonds. The minimum absolute atomic E-state index is 0.185. The number of hydrogen-bond acceptors (Lipinski definition) is 8. The molecule has 0 fully saturated rings. The van der Waals surface area contributed by atoms with E-state index in [-0.39, 0.29) is 11.6 Å². The van der Waals surface area contributed by atoms with Crippen molar-refractivity contribution in [1.82, 2.24) is 0 Å². The Balaban J connectivity index is 1.66. The Hall–Kier alpha value is -3.68. The first-order valence-corrected chi connectivity index (χ1v) is 13.9. The zero-order chi connectivity index (χ0) is 29.8. The van der Waals surface area contributed by atoms with Crippen molar-refractivity contribution in [2.75, 3.05) is 13.2 Å². The van der Waals surface area contributed by atoms with Crippen molar-refractivity contribution < 1.29 is 38.1 Å². The predicted molar refractivity (Wildman–Crippen MR) is 152 cm³/mol. The number of carbonyl (C=O) groups excluding carboxylic acids is 4. The molecule has 218 valence electrons. The second-order valence-electron chi connectivity index (χ2n) is 10.2. The van der Waals surface area contributed by atoms with Gasteiger partial charge >= 0.3 is 11.9 Å². The van der Waals surface area contributed by atoms with Crippen LogP contribution in [0.25, 0.3) is 0 Å². The fraction of sp³-hybridized carbons (Fsp3) is 0.500. The molecule has 0 N–H and O–H groups in total. The van der Waals surface area contributed by atoms with Gasteiger partial charge in [-0.25, -0.2) is 4.79 Å². The van der Waals surface area contributed by atoms with Gasteiger partial charge in [0.25, 0.3) is 0 Å². The molecule has 40 heavy (non-hydrogen) atoms. The first-order chi connectivity index (χ1) is 18.9. The lowest BCUT2D eigenvalue weighted by molar-refractivity contribution is -0.151. The summed E-state index contributed by atoms with van der Waals surface area (Å²) in [5.74, 6) is -0.0879. The Labute approximate surface area is 237 Å². The third-order valence-electron chi connectivity index (χ3n) is 7.04. The number of ketones is 2. The van der Waals surface area contributed by atoms with Crippen LogP contribution in [-0.2, 0) is 19.1 Å². The van der Waals surface area contributed by atoms with Gasteiger partial charge in [-0.2, -0.15) is 0 Å². The molecule has 0 aliphatic heterocycles. The lowest BCUT2D eigenvalue weighted by Crippen LogP contribution is -2.39. The third kappa shape index (κ3) is 9.50. The largest absolute Gasteiger partial charge is 0.494 e. The van der Waals surface area contributed by atoms with Gasteiger partial charge < -0.3 is 18.9 Å². The van der Waals surface area contributed by atoms with E-state index < -0.39 is 23.1 Å². The minimum atomic E-state index is -1.18. The van der Waals surface area contributed by atoms with Crippen molar-refractivity contribution in [2.24, 2.45) is 0 Å². The van der Waals surface area contributed by atoms with Crippen molar-refractivity contribution in [3.8, 4) is 11.5 Å². The third-order valence-corrected chi connectivity index (χ3v) is 7.04. The highest BCUT2D eigenvalue weighted by Crippen LogP contribution is 2.24. The van der Waals surface area contributed by atoms with E-state index in [0.29, 0.717) is 48.7 Å². The molecule has 0 saturated carbocycles. The van der Waals surface area contributed by atoms with Crippen LogP contribution in [0, 0.1) is 0 Å². The van der Waals surface area contributed by atoms with Gasteiger partial charge in [0.15, 0.2) is 17.0 Å². The smallest absolute Gasteiger partial charge is 0.339 e. The fourth-order valence-electron chi connectivity index (χ4n) is 3.89. The lowest BCUT2D eigenvalue weighted by Gasteiger charge is -2.26. The SMILES string of the molecule is CCC(C)(OC(=O)c1ccc(OCCCCCCOc2ccc(C(=O)C(C)(CC)OC(C)=O)cc2)cc1)C(C)=O. The molecule has 2 aromatic carbocycles. The molecule has 8 heteroatoms. The molecule has 2 unspecified atom stereocenters. The summed E-state index contributed by atoms with van der Waals surface area (Å²) in [6, 6.07) is 13.6. The summed E-state index contributed by atoms with van der Waals surface area (Å²) in [6.07, 6.45) is 4.53. The molecule has 2 rings (SSSR count). The molecule has 0 saturated heterocycles. The van der Waals surface area contributed by atoms with Gasteiger partial charge in [0.2, 0.25) is 5.78 Å². The van der Waals surface area contributed by atoms with E-state index in [2.05, 4.69) is 0 Å². The summed E-state index contributed by atoms with van der Waals surface area (Å²) >= 11 is 0. The maximum Gasteiger partial charge on any atom is 0.339 e. The Morgan fingerprint density at radius 3 is 1.48 bits per heavy atom. The molecule has 2 atom stereocenters. The Morgan fingerprint density at radius 2 is 1.07 bits per heavy atom. The van der Waals surface area contributed by atoms with Crippen LogP contribution >= 0.6 is 0 Å². The van der Waals surface area contributed by atoms with Crippen LogP contribution in [0.1, 0.15) is 101 Å². The van der Waals surface area contributed by atoms with E-state index in [4.69, 9.17) is 18.9 Å². The summed E-state index contributed by atoms with van der Waals surface area (Å²) in [5, 5.41) is 0. The second kappa shape index (κ2) is 15.2. The van der Waals surface area contributed by atoms with Crippen LogP contribution in [0.15, 0.2) is 48.5 Å². The fourth-order valence-corrected chi connectivity index (χ4v) is 3.89. The van der Waals surface area contributed by atoms with Crippen LogP contribution in [0.5, 0.6) is 11.5 Å².